The lowest BCUT2D eigenvalue weighted by atomic mass is 10.5. The predicted molar refractivity (Wildman–Crippen MR) is 52.7 cm³/mol. The number of rotatable bonds is 3. The Hall–Kier alpha value is -2.02. The summed E-state index contributed by atoms with van der Waals surface area (Å²) in [6, 6.07) is 0. The fraction of sp³-hybridized carbons (Fsp3) is 0.250. The fourth-order valence-corrected chi connectivity index (χ4v) is 0.803. The highest BCUT2D eigenvalue weighted by Gasteiger charge is 2.12. The molecule has 7 nitrogen and oxygen atoms in total. The number of carbonyl (C=O) groups is 2. The molecule has 1 heterocycles. The number of aromatic nitrogens is 2. The molecule has 1 aromatic heterocycles. The summed E-state index contributed by atoms with van der Waals surface area (Å²) in [5.74, 6) is -1.31. The van der Waals surface area contributed by atoms with Crippen molar-refractivity contribution in [3.05, 3.63) is 18.6 Å². The van der Waals surface area contributed by atoms with Crippen molar-refractivity contribution in [3.8, 4) is 0 Å². The molecule has 2 amide bonds. The normalized spacial score (nSPS) is 9.40. The highest BCUT2D eigenvalue weighted by atomic mass is 16.2. The van der Waals surface area contributed by atoms with Gasteiger partial charge in [-0.05, 0) is 0 Å². The maximum absolute atomic E-state index is 11.2. The molecule has 1 aromatic rings. The maximum Gasteiger partial charge on any atom is 0.314 e. The minimum atomic E-state index is -0.788. The van der Waals surface area contributed by atoms with Gasteiger partial charge in [-0.15, -0.1) is 0 Å². The fourth-order valence-electron chi connectivity index (χ4n) is 0.803. The van der Waals surface area contributed by atoms with E-state index in [1.807, 2.05) is 0 Å². The van der Waals surface area contributed by atoms with Crippen LogP contribution in [0, 0.1) is 0 Å². The SMILES string of the molecule is NCCNC(=O)C(=O)Nc1cnccn1. The number of nitrogens with zero attached hydrogens (tertiary/aromatic N) is 2. The molecule has 0 aliphatic rings. The van der Waals surface area contributed by atoms with Crippen LogP contribution < -0.4 is 16.4 Å². The predicted octanol–water partition coefficient (Wildman–Crippen LogP) is -1.51. The third kappa shape index (κ3) is 3.69. The molecular weight excluding hydrogens is 198 g/mol. The number of amides is 2. The molecule has 0 unspecified atom stereocenters. The number of anilines is 1. The Morgan fingerprint density at radius 3 is 2.73 bits per heavy atom. The molecule has 0 fully saturated rings. The smallest absolute Gasteiger partial charge is 0.314 e. The summed E-state index contributed by atoms with van der Waals surface area (Å²) in [5.41, 5.74) is 5.16. The van der Waals surface area contributed by atoms with Crippen molar-refractivity contribution in [2.24, 2.45) is 5.73 Å². The Balaban J connectivity index is 2.45. The van der Waals surface area contributed by atoms with Gasteiger partial charge in [0.2, 0.25) is 0 Å². The zero-order valence-electron chi connectivity index (χ0n) is 7.93. The van der Waals surface area contributed by atoms with Gasteiger partial charge in [0.1, 0.15) is 0 Å². The van der Waals surface area contributed by atoms with E-state index in [4.69, 9.17) is 5.73 Å². The number of carbonyl (C=O) groups excluding carboxylic acids is 2. The van der Waals surface area contributed by atoms with Gasteiger partial charge in [-0.25, -0.2) is 4.98 Å². The Morgan fingerprint density at radius 2 is 2.13 bits per heavy atom. The summed E-state index contributed by atoms with van der Waals surface area (Å²) in [7, 11) is 0. The molecule has 7 heteroatoms. The van der Waals surface area contributed by atoms with E-state index in [0.29, 0.717) is 0 Å². The summed E-state index contributed by atoms with van der Waals surface area (Å²) in [6.45, 7) is 0.539. The Kier molecular flexibility index (Phi) is 4.17. The van der Waals surface area contributed by atoms with Crippen LogP contribution in [-0.4, -0.2) is 34.9 Å². The largest absolute Gasteiger partial charge is 0.347 e. The van der Waals surface area contributed by atoms with Gasteiger partial charge in [-0.2, -0.15) is 0 Å². The number of hydrogen-bond donors (Lipinski definition) is 3. The molecule has 80 valence electrons. The van der Waals surface area contributed by atoms with Crippen LogP contribution in [0.3, 0.4) is 0 Å². The van der Waals surface area contributed by atoms with Gasteiger partial charge >= 0.3 is 11.8 Å². The third-order valence-electron chi connectivity index (χ3n) is 1.44. The molecule has 0 bridgehead atoms. The minimum Gasteiger partial charge on any atom is -0.347 e. The highest BCUT2D eigenvalue weighted by molar-refractivity contribution is 6.39. The zero-order chi connectivity index (χ0) is 11.1. The van der Waals surface area contributed by atoms with Gasteiger partial charge in [0.15, 0.2) is 5.82 Å². The number of nitrogens with one attached hydrogen (secondary N) is 2. The molecule has 0 aliphatic carbocycles. The first kappa shape index (κ1) is 11.1. The summed E-state index contributed by atoms with van der Waals surface area (Å²) in [4.78, 5) is 29.8. The van der Waals surface area contributed by atoms with E-state index >= 15 is 0 Å². The summed E-state index contributed by atoms with van der Waals surface area (Å²) >= 11 is 0. The Morgan fingerprint density at radius 1 is 1.33 bits per heavy atom. The van der Waals surface area contributed by atoms with E-state index in [0.717, 1.165) is 0 Å². The van der Waals surface area contributed by atoms with Crippen LogP contribution in [0.2, 0.25) is 0 Å². The van der Waals surface area contributed by atoms with Crippen molar-refractivity contribution in [3.63, 3.8) is 0 Å². The average Bonchev–Trinajstić information content (AvgIpc) is 2.27. The van der Waals surface area contributed by atoms with E-state index in [9.17, 15) is 9.59 Å². The molecule has 0 aliphatic heterocycles. The molecule has 4 N–H and O–H groups in total. The topological polar surface area (TPSA) is 110 Å². The Labute approximate surface area is 86.1 Å². The summed E-state index contributed by atoms with van der Waals surface area (Å²) < 4.78 is 0. The Bertz CT molecular complexity index is 340. The molecule has 15 heavy (non-hydrogen) atoms. The van der Waals surface area contributed by atoms with E-state index in [1.165, 1.54) is 18.6 Å². The lowest BCUT2D eigenvalue weighted by Crippen LogP contribution is -2.38. The van der Waals surface area contributed by atoms with Gasteiger partial charge in [-0.1, -0.05) is 0 Å². The van der Waals surface area contributed by atoms with E-state index in [2.05, 4.69) is 20.6 Å². The van der Waals surface area contributed by atoms with Crippen LogP contribution in [0.1, 0.15) is 0 Å². The quantitative estimate of drug-likeness (QED) is 0.524. The van der Waals surface area contributed by atoms with Crippen molar-refractivity contribution in [1.82, 2.24) is 15.3 Å². The van der Waals surface area contributed by atoms with Crippen molar-refractivity contribution in [1.29, 1.82) is 0 Å². The van der Waals surface area contributed by atoms with Crippen LogP contribution in [-0.2, 0) is 9.59 Å². The molecule has 0 saturated heterocycles. The van der Waals surface area contributed by atoms with Gasteiger partial charge in [0, 0.05) is 25.5 Å². The van der Waals surface area contributed by atoms with Crippen molar-refractivity contribution in [2.75, 3.05) is 18.4 Å². The monoisotopic (exact) mass is 209 g/mol. The first-order valence-electron chi connectivity index (χ1n) is 4.29. The molecule has 0 aromatic carbocycles. The molecule has 0 atom stereocenters. The molecule has 0 spiro atoms. The number of hydrogen-bond acceptors (Lipinski definition) is 5. The van der Waals surface area contributed by atoms with E-state index < -0.39 is 11.8 Å². The van der Waals surface area contributed by atoms with Crippen molar-refractivity contribution in [2.45, 2.75) is 0 Å². The summed E-state index contributed by atoms with van der Waals surface area (Å²) in [6.07, 6.45) is 4.21. The van der Waals surface area contributed by atoms with Crippen LogP contribution >= 0.6 is 0 Å². The second-order valence-electron chi connectivity index (χ2n) is 2.59. The maximum atomic E-state index is 11.2. The van der Waals surface area contributed by atoms with Crippen LogP contribution in [0.5, 0.6) is 0 Å². The van der Waals surface area contributed by atoms with Crippen LogP contribution in [0.15, 0.2) is 18.6 Å². The van der Waals surface area contributed by atoms with E-state index in [1.54, 1.807) is 0 Å². The van der Waals surface area contributed by atoms with Gasteiger partial charge < -0.3 is 16.4 Å². The molecular formula is C8H11N5O2. The first-order chi connectivity index (χ1) is 7.24. The van der Waals surface area contributed by atoms with Gasteiger partial charge in [-0.3, -0.25) is 14.6 Å². The molecule has 0 saturated carbocycles. The van der Waals surface area contributed by atoms with Gasteiger partial charge in [0.25, 0.3) is 0 Å². The number of nitrogens with two attached hydrogens (primary N) is 1. The van der Waals surface area contributed by atoms with E-state index in [-0.39, 0.29) is 18.9 Å². The third-order valence-corrected chi connectivity index (χ3v) is 1.44. The van der Waals surface area contributed by atoms with Crippen molar-refractivity contribution < 1.29 is 9.59 Å². The van der Waals surface area contributed by atoms with Crippen LogP contribution in [0.25, 0.3) is 0 Å². The second kappa shape index (κ2) is 5.66. The zero-order valence-corrected chi connectivity index (χ0v) is 7.93. The van der Waals surface area contributed by atoms with Crippen molar-refractivity contribution >= 4 is 17.6 Å². The summed E-state index contributed by atoms with van der Waals surface area (Å²) in [5, 5.41) is 4.61. The van der Waals surface area contributed by atoms with Gasteiger partial charge in [0.05, 0.1) is 6.20 Å². The first-order valence-corrected chi connectivity index (χ1v) is 4.29. The molecule has 0 radical (unpaired) electrons. The highest BCUT2D eigenvalue weighted by Crippen LogP contribution is 1.95. The van der Waals surface area contributed by atoms with Crippen LogP contribution in [0.4, 0.5) is 5.82 Å². The average molecular weight is 209 g/mol. The second-order valence-corrected chi connectivity index (χ2v) is 2.59. The lowest BCUT2D eigenvalue weighted by Gasteiger charge is -2.03. The minimum absolute atomic E-state index is 0.227. The lowest BCUT2D eigenvalue weighted by molar-refractivity contribution is -0.136. The molecule has 1 rings (SSSR count). The standard InChI is InChI=1S/C8H11N5O2/c9-1-2-12-7(14)8(15)13-6-5-10-3-4-11-6/h3-5H,1-2,9H2,(H,12,14)(H,11,13,15).